The highest BCUT2D eigenvalue weighted by molar-refractivity contribution is 7.98. The smallest absolute Gasteiger partial charge is 0.230 e. The number of halogens is 1. The van der Waals surface area contributed by atoms with Crippen molar-refractivity contribution >= 4 is 46.7 Å². The third kappa shape index (κ3) is 3.48. The first-order valence-electron chi connectivity index (χ1n) is 9.71. The summed E-state index contributed by atoms with van der Waals surface area (Å²) in [7, 11) is 0. The summed E-state index contributed by atoms with van der Waals surface area (Å²) >= 11 is 7.80. The summed E-state index contributed by atoms with van der Waals surface area (Å²) in [4.78, 5) is 27.3. The van der Waals surface area contributed by atoms with Crippen molar-refractivity contribution in [2.24, 2.45) is 5.92 Å². The van der Waals surface area contributed by atoms with E-state index in [2.05, 4.69) is 5.32 Å². The first-order chi connectivity index (χ1) is 14.6. The van der Waals surface area contributed by atoms with Gasteiger partial charge >= 0.3 is 0 Å². The number of carbonyl (C=O) groups is 2. The minimum Gasteiger partial charge on any atom is -0.312 e. The molecule has 1 aromatic heterocycles. The Kier molecular flexibility index (Phi) is 5.00. The van der Waals surface area contributed by atoms with Crippen molar-refractivity contribution in [1.82, 2.24) is 9.78 Å². The van der Waals surface area contributed by atoms with Gasteiger partial charge < -0.3 is 10.2 Å². The van der Waals surface area contributed by atoms with Crippen LogP contribution >= 0.6 is 23.4 Å². The Bertz CT molecular complexity index is 1110. The van der Waals surface area contributed by atoms with Crippen molar-refractivity contribution in [3.8, 4) is 5.69 Å². The van der Waals surface area contributed by atoms with Crippen molar-refractivity contribution in [2.45, 2.75) is 17.9 Å². The number of carbonyl (C=O) groups excluding carboxylic acids is 2. The molecule has 0 aliphatic carbocycles. The average molecular weight is 439 g/mol. The minimum atomic E-state index is -0.406. The van der Waals surface area contributed by atoms with Gasteiger partial charge in [0.15, 0.2) is 0 Å². The molecule has 5 rings (SSSR count). The second-order valence-corrected chi connectivity index (χ2v) is 8.81. The lowest BCUT2D eigenvalue weighted by Crippen LogP contribution is -2.28. The molecule has 8 heteroatoms. The summed E-state index contributed by atoms with van der Waals surface area (Å²) in [6.07, 6.45) is 0.201. The quantitative estimate of drug-likeness (QED) is 0.660. The Morgan fingerprint density at radius 3 is 2.60 bits per heavy atom. The molecule has 0 spiro atoms. The number of nitrogens with zero attached hydrogens (tertiary/aromatic N) is 3. The second-order valence-electron chi connectivity index (χ2n) is 7.39. The summed E-state index contributed by atoms with van der Waals surface area (Å²) in [5.41, 5.74) is 3.69. The Labute approximate surface area is 183 Å². The molecule has 1 saturated heterocycles. The molecule has 0 unspecified atom stereocenters. The lowest BCUT2D eigenvalue weighted by atomic mass is 10.1. The van der Waals surface area contributed by atoms with Crippen LogP contribution in [0.25, 0.3) is 5.69 Å². The van der Waals surface area contributed by atoms with Crippen LogP contribution in [-0.2, 0) is 21.1 Å². The molecule has 1 N–H and O–H groups in total. The minimum absolute atomic E-state index is 0.0339. The van der Waals surface area contributed by atoms with Gasteiger partial charge in [0.2, 0.25) is 11.8 Å². The molecule has 6 nitrogen and oxygen atoms in total. The molecule has 0 saturated carbocycles. The second kappa shape index (κ2) is 7.81. The Balaban J connectivity index is 1.40. The molecule has 30 heavy (non-hydrogen) atoms. The van der Waals surface area contributed by atoms with Crippen molar-refractivity contribution < 1.29 is 9.59 Å². The molecule has 2 aliphatic heterocycles. The van der Waals surface area contributed by atoms with Crippen LogP contribution in [-0.4, -0.2) is 28.1 Å². The number of aromatic nitrogens is 2. The fourth-order valence-corrected chi connectivity index (χ4v) is 5.03. The van der Waals surface area contributed by atoms with Gasteiger partial charge in [0.25, 0.3) is 0 Å². The van der Waals surface area contributed by atoms with Crippen LogP contribution in [0.1, 0.15) is 17.7 Å². The molecular formula is C22H19ClN4O2S. The predicted molar refractivity (Wildman–Crippen MR) is 119 cm³/mol. The molecule has 152 valence electrons. The van der Waals surface area contributed by atoms with E-state index in [9.17, 15) is 9.59 Å². The molecule has 2 amide bonds. The fourth-order valence-electron chi connectivity index (χ4n) is 3.87. The fraction of sp³-hybridized carbons (Fsp3) is 0.227. The molecular weight excluding hydrogens is 420 g/mol. The van der Waals surface area contributed by atoms with Gasteiger partial charge in [0, 0.05) is 40.7 Å². The first kappa shape index (κ1) is 19.2. The number of hydrogen-bond donors (Lipinski definition) is 1. The predicted octanol–water partition coefficient (Wildman–Crippen LogP) is 4.26. The summed E-state index contributed by atoms with van der Waals surface area (Å²) in [5, 5.41) is 8.43. The maximum Gasteiger partial charge on any atom is 0.230 e. The number of fused-ring (bicyclic) bond motifs is 1. The van der Waals surface area contributed by atoms with Crippen LogP contribution < -0.4 is 10.2 Å². The summed E-state index contributed by atoms with van der Waals surface area (Å²) in [5.74, 6) is 1.72. The van der Waals surface area contributed by atoms with Gasteiger partial charge in [0.1, 0.15) is 5.82 Å². The van der Waals surface area contributed by atoms with Crippen molar-refractivity contribution in [1.29, 1.82) is 0 Å². The number of para-hydroxylation sites is 1. The average Bonchev–Trinajstić information content (AvgIpc) is 3.45. The zero-order valence-electron chi connectivity index (χ0n) is 16.0. The van der Waals surface area contributed by atoms with Crippen molar-refractivity contribution in [3.63, 3.8) is 0 Å². The van der Waals surface area contributed by atoms with E-state index in [0.717, 1.165) is 34.1 Å². The lowest BCUT2D eigenvalue weighted by molar-refractivity contribution is -0.122. The Hall–Kier alpha value is -2.77. The Morgan fingerprint density at radius 1 is 1.07 bits per heavy atom. The van der Waals surface area contributed by atoms with Crippen molar-refractivity contribution in [2.75, 3.05) is 16.8 Å². The monoisotopic (exact) mass is 438 g/mol. The molecule has 2 aromatic carbocycles. The molecule has 0 radical (unpaired) electrons. The highest BCUT2D eigenvalue weighted by Gasteiger charge is 2.36. The van der Waals surface area contributed by atoms with E-state index in [4.69, 9.17) is 16.7 Å². The molecule has 0 bridgehead atoms. The van der Waals surface area contributed by atoms with E-state index >= 15 is 0 Å². The molecule has 2 aliphatic rings. The first-order valence-corrected chi connectivity index (χ1v) is 11.2. The maximum atomic E-state index is 13.1. The zero-order chi connectivity index (χ0) is 20.7. The third-order valence-corrected chi connectivity index (χ3v) is 6.65. The molecule has 3 heterocycles. The maximum absolute atomic E-state index is 13.1. The van der Waals surface area contributed by atoms with E-state index < -0.39 is 5.92 Å². The van der Waals surface area contributed by atoms with E-state index in [0.29, 0.717) is 17.4 Å². The number of rotatable bonds is 4. The van der Waals surface area contributed by atoms with Gasteiger partial charge in [-0.2, -0.15) is 16.9 Å². The Morgan fingerprint density at radius 2 is 1.83 bits per heavy atom. The highest BCUT2D eigenvalue weighted by atomic mass is 35.5. The molecule has 1 fully saturated rings. The van der Waals surface area contributed by atoms with Crippen LogP contribution in [0.15, 0.2) is 54.6 Å². The number of benzene rings is 2. The standard InChI is InChI=1S/C22H19ClN4O2S/c23-15-6-8-17(9-7-15)27-21(18-12-30-13-19(18)25-27)24-22(29)14-10-20(28)26(11-14)16-4-2-1-3-5-16/h1-9,14H,10-13H2,(H,24,29)/t14-/m0/s1. The number of nitrogens with one attached hydrogen (secondary N) is 1. The van der Waals surface area contributed by atoms with Crippen LogP contribution in [0, 0.1) is 5.92 Å². The van der Waals surface area contributed by atoms with Gasteiger partial charge in [-0.1, -0.05) is 29.8 Å². The largest absolute Gasteiger partial charge is 0.312 e. The number of hydrogen-bond acceptors (Lipinski definition) is 4. The van der Waals surface area contributed by atoms with Gasteiger partial charge in [0.05, 0.1) is 17.3 Å². The number of amides is 2. The zero-order valence-corrected chi connectivity index (χ0v) is 17.6. The van der Waals surface area contributed by atoms with E-state index in [1.54, 1.807) is 33.5 Å². The summed E-state index contributed by atoms with van der Waals surface area (Å²) in [6, 6.07) is 16.8. The topological polar surface area (TPSA) is 67.2 Å². The lowest BCUT2D eigenvalue weighted by Gasteiger charge is -2.17. The van der Waals surface area contributed by atoms with Gasteiger partial charge in [-0.3, -0.25) is 9.59 Å². The summed E-state index contributed by atoms with van der Waals surface area (Å²) in [6.45, 7) is 0.376. The van der Waals surface area contributed by atoms with Gasteiger partial charge in [-0.15, -0.1) is 0 Å². The SMILES string of the molecule is O=C(Nc1c2c(nn1-c1ccc(Cl)cc1)CSC2)[C@H]1CC(=O)N(c2ccccc2)C1. The normalized spacial score (nSPS) is 18.0. The van der Waals surface area contributed by atoms with E-state index in [1.807, 2.05) is 42.5 Å². The number of thioether (sulfide) groups is 1. The van der Waals surface area contributed by atoms with E-state index in [1.165, 1.54) is 0 Å². The van der Waals surface area contributed by atoms with Gasteiger partial charge in [-0.25, -0.2) is 4.68 Å². The van der Waals surface area contributed by atoms with Crippen LogP contribution in [0.3, 0.4) is 0 Å². The van der Waals surface area contributed by atoms with E-state index in [-0.39, 0.29) is 18.2 Å². The summed E-state index contributed by atoms with van der Waals surface area (Å²) < 4.78 is 1.77. The molecule has 1 atom stereocenters. The van der Waals surface area contributed by atoms with Crippen LogP contribution in [0.5, 0.6) is 0 Å². The number of anilines is 2. The molecule has 3 aromatic rings. The van der Waals surface area contributed by atoms with Crippen LogP contribution in [0.4, 0.5) is 11.5 Å². The van der Waals surface area contributed by atoms with Crippen LogP contribution in [0.2, 0.25) is 5.02 Å². The van der Waals surface area contributed by atoms with Gasteiger partial charge in [-0.05, 0) is 36.4 Å². The van der Waals surface area contributed by atoms with Crippen molar-refractivity contribution in [3.05, 3.63) is 70.9 Å². The third-order valence-electron chi connectivity index (χ3n) is 5.43. The highest BCUT2D eigenvalue weighted by Crippen LogP contribution is 2.37.